The number of nitrogens with zero attached hydrogens (tertiary/aromatic N) is 3. The van der Waals surface area contributed by atoms with Crippen molar-refractivity contribution in [3.05, 3.63) is 58.4 Å². The van der Waals surface area contributed by atoms with Gasteiger partial charge in [-0.15, -0.1) is 11.3 Å². The van der Waals surface area contributed by atoms with Crippen LogP contribution in [0.1, 0.15) is 17.4 Å². The summed E-state index contributed by atoms with van der Waals surface area (Å²) in [5.41, 5.74) is -4.16. The first-order valence-corrected chi connectivity index (χ1v) is 13.0. The van der Waals surface area contributed by atoms with Crippen molar-refractivity contribution in [2.45, 2.75) is 34.9 Å². The number of alkyl halides is 5. The van der Waals surface area contributed by atoms with Gasteiger partial charge in [0.1, 0.15) is 10.0 Å². The molecule has 1 aromatic heterocycles. The molecule has 0 amide bonds. The van der Waals surface area contributed by atoms with Crippen LogP contribution < -0.4 is 4.90 Å². The van der Waals surface area contributed by atoms with Crippen molar-refractivity contribution >= 4 is 27.0 Å². The highest BCUT2D eigenvalue weighted by atomic mass is 32.2. The van der Waals surface area contributed by atoms with Gasteiger partial charge in [0, 0.05) is 51.5 Å². The molecule has 0 bridgehead atoms. The summed E-state index contributed by atoms with van der Waals surface area (Å²) in [4.78, 5) is 2.41. The lowest BCUT2D eigenvalue weighted by atomic mass is 9.79. The first-order chi connectivity index (χ1) is 16.5. The molecule has 2 unspecified atom stereocenters. The largest absolute Gasteiger partial charge is 0.418 e. The lowest BCUT2D eigenvalue weighted by Gasteiger charge is -2.46. The fourth-order valence-electron chi connectivity index (χ4n) is 4.51. The van der Waals surface area contributed by atoms with Crippen LogP contribution in [0, 0.1) is 5.82 Å². The van der Waals surface area contributed by atoms with E-state index in [1.165, 1.54) is 30.8 Å². The summed E-state index contributed by atoms with van der Waals surface area (Å²) in [7, 11) is -1.25. The molecule has 1 aliphatic carbocycles. The van der Waals surface area contributed by atoms with Gasteiger partial charge in [-0.3, -0.25) is 0 Å². The Hall–Kier alpha value is -2.29. The fraction of sp³-hybridized carbons (Fsp3) is 0.455. The number of aliphatic hydroxyl groups is 1. The van der Waals surface area contributed by atoms with E-state index in [4.69, 9.17) is 0 Å². The summed E-state index contributed by atoms with van der Waals surface area (Å²) in [6.07, 6.45) is -4.20. The van der Waals surface area contributed by atoms with E-state index in [0.717, 1.165) is 28.6 Å². The van der Waals surface area contributed by atoms with Crippen LogP contribution in [-0.4, -0.2) is 68.4 Å². The van der Waals surface area contributed by atoms with E-state index in [-0.39, 0.29) is 40.1 Å². The van der Waals surface area contributed by atoms with Crippen LogP contribution in [0.15, 0.2) is 46.3 Å². The minimum atomic E-state index is -4.80. The number of likely N-dealkylation sites (N-methyl/N-ethyl adjacent to an activating group) is 1. The van der Waals surface area contributed by atoms with E-state index < -0.39 is 45.1 Å². The Kier molecular flexibility index (Phi) is 6.42. The van der Waals surface area contributed by atoms with Gasteiger partial charge < -0.3 is 14.9 Å². The van der Waals surface area contributed by atoms with Gasteiger partial charge in [-0.2, -0.15) is 26.3 Å². The molecule has 6 nitrogen and oxygen atoms in total. The minimum absolute atomic E-state index is 0.0694. The van der Waals surface area contributed by atoms with Crippen molar-refractivity contribution in [1.29, 1.82) is 0 Å². The van der Waals surface area contributed by atoms with Gasteiger partial charge in [-0.1, -0.05) is 0 Å². The lowest BCUT2D eigenvalue weighted by molar-refractivity contribution is -0.169. The maximum atomic E-state index is 14.3. The molecule has 14 heteroatoms. The van der Waals surface area contributed by atoms with Gasteiger partial charge in [0.15, 0.2) is 0 Å². The van der Waals surface area contributed by atoms with E-state index in [0.29, 0.717) is 23.5 Å². The summed E-state index contributed by atoms with van der Waals surface area (Å²) in [5.74, 6) is -4.64. The van der Waals surface area contributed by atoms with Crippen LogP contribution in [0.2, 0.25) is 0 Å². The average Bonchev–Trinajstić information content (AvgIpc) is 3.27. The van der Waals surface area contributed by atoms with Gasteiger partial charge in [0.2, 0.25) is 5.60 Å². The molecule has 1 saturated heterocycles. The monoisotopic (exact) mass is 555 g/mol. The predicted octanol–water partition coefficient (Wildman–Crippen LogP) is 4.09. The topological polar surface area (TPSA) is 64.1 Å². The molecule has 1 fully saturated rings. The van der Waals surface area contributed by atoms with E-state index >= 15 is 0 Å². The second-order valence-corrected chi connectivity index (χ2v) is 12.1. The number of hydrogen-bond donors (Lipinski definition) is 1. The highest BCUT2D eigenvalue weighted by Crippen LogP contribution is 2.55. The molecule has 1 N–H and O–H groups in total. The van der Waals surface area contributed by atoms with Gasteiger partial charge in [0.25, 0.3) is 10.0 Å². The zero-order chi connectivity index (χ0) is 26.8. The maximum absolute atomic E-state index is 14.3. The average molecular weight is 556 g/mol. The molecule has 0 spiro atoms. The van der Waals surface area contributed by atoms with Crippen molar-refractivity contribution < 1.29 is 39.9 Å². The fourth-order valence-corrected chi connectivity index (χ4v) is 7.70. The van der Waals surface area contributed by atoms with Gasteiger partial charge in [-0.05, 0) is 37.3 Å². The molecule has 36 heavy (non-hydrogen) atoms. The molecule has 2 aromatic rings. The number of thiophene rings is 1. The SMILES string of the molecule is CC1CN(c2ccc(F)cc2C(F)(F)F)CCN1S(=O)(=O)c1ccc(C2(O)C(N(C)C)=CC2(F)F)s1. The Labute approximate surface area is 208 Å². The van der Waals surface area contributed by atoms with E-state index in [2.05, 4.69) is 0 Å². The molecule has 198 valence electrons. The summed E-state index contributed by atoms with van der Waals surface area (Å²) < 4.78 is 110. The quantitative estimate of drug-likeness (QED) is 0.564. The lowest BCUT2D eigenvalue weighted by Crippen LogP contribution is -2.56. The van der Waals surface area contributed by atoms with Crippen molar-refractivity contribution in [2.75, 3.05) is 38.6 Å². The Bertz CT molecular complexity index is 1310. The first-order valence-electron chi connectivity index (χ1n) is 10.7. The van der Waals surface area contributed by atoms with E-state index in [1.807, 2.05) is 0 Å². The zero-order valence-electron chi connectivity index (χ0n) is 19.4. The Morgan fingerprint density at radius 1 is 1.14 bits per heavy atom. The highest BCUT2D eigenvalue weighted by molar-refractivity contribution is 7.91. The number of rotatable bonds is 5. The molecule has 0 radical (unpaired) electrons. The third kappa shape index (κ3) is 4.17. The number of sulfonamides is 1. The van der Waals surface area contributed by atoms with Crippen LogP contribution in [0.3, 0.4) is 0 Å². The Morgan fingerprint density at radius 3 is 2.36 bits per heavy atom. The van der Waals surface area contributed by atoms with E-state index in [1.54, 1.807) is 0 Å². The van der Waals surface area contributed by atoms with Crippen LogP contribution >= 0.6 is 11.3 Å². The van der Waals surface area contributed by atoms with Crippen molar-refractivity contribution in [3.8, 4) is 0 Å². The molecular weight excluding hydrogens is 532 g/mol. The second-order valence-electron chi connectivity index (χ2n) is 8.95. The number of benzene rings is 1. The molecule has 1 aliphatic heterocycles. The Balaban J connectivity index is 1.58. The molecule has 4 rings (SSSR count). The molecule has 2 aliphatic rings. The highest BCUT2D eigenvalue weighted by Gasteiger charge is 2.64. The maximum Gasteiger partial charge on any atom is 0.418 e. The Morgan fingerprint density at radius 2 is 1.81 bits per heavy atom. The van der Waals surface area contributed by atoms with Crippen LogP contribution in [0.4, 0.5) is 32.0 Å². The van der Waals surface area contributed by atoms with Gasteiger partial charge >= 0.3 is 12.1 Å². The second kappa shape index (κ2) is 8.64. The predicted molar refractivity (Wildman–Crippen MR) is 122 cm³/mol. The molecule has 2 atom stereocenters. The first kappa shape index (κ1) is 26.8. The summed E-state index contributed by atoms with van der Waals surface area (Å²) in [5, 5.41) is 10.8. The van der Waals surface area contributed by atoms with Crippen molar-refractivity contribution in [1.82, 2.24) is 9.21 Å². The number of halogens is 6. The number of anilines is 1. The summed E-state index contributed by atoms with van der Waals surface area (Å²) in [6.45, 7) is 1.11. The number of hydrogen-bond acceptors (Lipinski definition) is 6. The van der Waals surface area contributed by atoms with Gasteiger partial charge in [0.05, 0.1) is 16.1 Å². The normalized spacial score (nSPS) is 24.9. The van der Waals surface area contributed by atoms with Crippen LogP contribution in [-0.2, 0) is 21.8 Å². The smallest absolute Gasteiger partial charge is 0.378 e. The van der Waals surface area contributed by atoms with Crippen molar-refractivity contribution in [2.24, 2.45) is 0 Å². The minimum Gasteiger partial charge on any atom is -0.378 e. The van der Waals surface area contributed by atoms with E-state index in [9.17, 15) is 39.9 Å². The standard InChI is InChI=1S/C22H23F6N3O3S2/c1-13-12-30(16-5-4-14(23)10-15(16)22(26,27)28)8-9-31(13)36(33,34)19-7-6-18(35-19)21(32)17(29(2)3)11-20(21,24)25/h4-7,10-11,13,32H,8-9,12H2,1-3H3. The third-order valence-corrected chi connectivity index (χ3v) is 10.0. The van der Waals surface area contributed by atoms with Crippen LogP contribution in [0.5, 0.6) is 0 Å². The third-order valence-electron chi connectivity index (χ3n) is 6.33. The molecule has 1 aromatic carbocycles. The molecule has 0 saturated carbocycles. The van der Waals surface area contributed by atoms with Crippen LogP contribution in [0.25, 0.3) is 0 Å². The molecule has 2 heterocycles. The van der Waals surface area contributed by atoms with Gasteiger partial charge in [-0.25, -0.2) is 12.8 Å². The zero-order valence-corrected chi connectivity index (χ0v) is 21.0. The molecular formula is C22H23F6N3O3S2. The summed E-state index contributed by atoms with van der Waals surface area (Å²) >= 11 is 0.515. The van der Waals surface area contributed by atoms with Crippen molar-refractivity contribution in [3.63, 3.8) is 0 Å². The summed E-state index contributed by atoms with van der Waals surface area (Å²) in [6, 6.07) is 3.80. The number of piperazine rings is 1.